The van der Waals surface area contributed by atoms with Crippen molar-refractivity contribution in [3.8, 4) is 28.8 Å². The Bertz CT molecular complexity index is 2220. The fourth-order valence-electron chi connectivity index (χ4n) is 7.55. The molecule has 0 spiro atoms. The quantitative estimate of drug-likeness (QED) is 0.206. The van der Waals surface area contributed by atoms with E-state index in [1.165, 1.54) is 17.7 Å². The normalized spacial score (nSPS) is 15.8. The summed E-state index contributed by atoms with van der Waals surface area (Å²) in [6, 6.07) is 25.9. The lowest BCUT2D eigenvalue weighted by atomic mass is 9.92. The van der Waals surface area contributed by atoms with E-state index in [1.807, 2.05) is 60.7 Å². The molecule has 5 aromatic rings. The van der Waals surface area contributed by atoms with Gasteiger partial charge in [0.15, 0.2) is 0 Å². The van der Waals surface area contributed by atoms with Gasteiger partial charge in [-0.3, -0.25) is 19.4 Å². The minimum Gasteiger partial charge on any atom is -0.508 e. The van der Waals surface area contributed by atoms with E-state index in [9.17, 15) is 20.0 Å². The molecular formula is C42H44N6O5. The fraction of sp³-hybridized carbons (Fsp3) is 0.310. The smallest absolute Gasteiger partial charge is 0.264 e. The molecule has 2 aromatic heterocycles. The number of morpholine rings is 1. The second kappa shape index (κ2) is 14.7. The van der Waals surface area contributed by atoms with Crippen LogP contribution in [0.4, 0.5) is 11.4 Å². The number of aromatic nitrogens is 2. The number of ether oxygens (including phenoxy) is 2. The van der Waals surface area contributed by atoms with Crippen molar-refractivity contribution in [2.75, 3.05) is 44.9 Å². The Balaban J connectivity index is 1.31. The number of carbonyl (C=O) groups excluding carboxylic acids is 2. The summed E-state index contributed by atoms with van der Waals surface area (Å²) in [5.41, 5.74) is 7.61. The summed E-state index contributed by atoms with van der Waals surface area (Å²) >= 11 is 0. The number of fused-ring (bicyclic) bond motifs is 1. The summed E-state index contributed by atoms with van der Waals surface area (Å²) in [4.78, 5) is 35.7. The third-order valence-electron chi connectivity index (χ3n) is 10.9. The number of hydrogen-bond donors (Lipinski definition) is 1. The number of methoxy groups -OCH3 is 1. The van der Waals surface area contributed by atoms with E-state index in [2.05, 4.69) is 29.2 Å². The predicted molar refractivity (Wildman–Crippen MR) is 203 cm³/mol. The van der Waals surface area contributed by atoms with E-state index >= 15 is 0 Å². The molecule has 4 heterocycles. The van der Waals surface area contributed by atoms with E-state index < -0.39 is 0 Å². The largest absolute Gasteiger partial charge is 0.508 e. The van der Waals surface area contributed by atoms with Crippen molar-refractivity contribution in [1.29, 1.82) is 5.26 Å². The number of amides is 2. The summed E-state index contributed by atoms with van der Waals surface area (Å²) < 4.78 is 15.0. The number of phenolic OH excluding ortho intramolecular Hbond substituents is 1. The highest BCUT2D eigenvalue weighted by Gasteiger charge is 2.34. The van der Waals surface area contributed by atoms with Crippen LogP contribution in [0.1, 0.15) is 48.9 Å². The molecule has 1 atom stereocenters. The number of nitrogens with zero attached hydrogens (tertiary/aromatic N) is 6. The van der Waals surface area contributed by atoms with Crippen molar-refractivity contribution in [2.24, 2.45) is 14.1 Å². The Morgan fingerprint density at radius 3 is 2.32 bits per heavy atom. The minimum atomic E-state index is -0.317. The van der Waals surface area contributed by atoms with Crippen molar-refractivity contribution in [3.63, 3.8) is 0 Å². The molecule has 0 saturated carbocycles. The van der Waals surface area contributed by atoms with Crippen LogP contribution in [0.25, 0.3) is 11.3 Å². The maximum absolute atomic E-state index is 14.9. The second-order valence-electron chi connectivity index (χ2n) is 13.8. The van der Waals surface area contributed by atoms with Gasteiger partial charge in [-0.2, -0.15) is 5.26 Å². The summed E-state index contributed by atoms with van der Waals surface area (Å²) in [5, 5.41) is 19.9. The van der Waals surface area contributed by atoms with Crippen LogP contribution in [0, 0.1) is 25.2 Å². The third kappa shape index (κ3) is 6.67. The standard InChI is InChI=1S/C42H44N6O5/c1-27-37(42(51)48(31-10-12-34(49)13-11-31)39-21-32(24-43)44(3)28(39)2)23-40(45(27)4)38-22-35(52-5)14-15-36(38)41(50)47-25-30-9-7-6-8-29(30)20-33(47)26-46-16-18-53-19-17-46/h6-15,21-23,33,49H,16-20,25-26H2,1-5H3/t33-/m0/s1. The van der Waals surface area contributed by atoms with Crippen LogP contribution in [0.3, 0.4) is 0 Å². The highest BCUT2D eigenvalue weighted by molar-refractivity contribution is 6.13. The van der Waals surface area contributed by atoms with Gasteiger partial charge in [-0.05, 0) is 86.0 Å². The first-order chi connectivity index (χ1) is 25.6. The van der Waals surface area contributed by atoms with E-state index in [-0.39, 0.29) is 23.6 Å². The summed E-state index contributed by atoms with van der Waals surface area (Å²) in [6.07, 6.45) is 0.756. The molecule has 11 heteroatoms. The Kier molecular flexibility index (Phi) is 9.84. The van der Waals surface area contributed by atoms with Crippen molar-refractivity contribution >= 4 is 23.2 Å². The number of hydrogen-bond acceptors (Lipinski definition) is 7. The van der Waals surface area contributed by atoms with Crippen LogP contribution in [-0.4, -0.2) is 81.9 Å². The Hall–Kier alpha value is -5.83. The van der Waals surface area contributed by atoms with Gasteiger partial charge in [0, 0.05) is 80.2 Å². The summed E-state index contributed by atoms with van der Waals surface area (Å²) in [7, 11) is 5.27. The van der Waals surface area contributed by atoms with Crippen LogP contribution in [0.5, 0.6) is 11.5 Å². The first kappa shape index (κ1) is 35.6. The molecule has 0 radical (unpaired) electrons. The van der Waals surface area contributed by atoms with E-state index in [4.69, 9.17) is 9.47 Å². The van der Waals surface area contributed by atoms with Crippen LogP contribution in [0.2, 0.25) is 0 Å². The van der Waals surface area contributed by atoms with Gasteiger partial charge in [0.05, 0.1) is 31.6 Å². The fourth-order valence-corrected chi connectivity index (χ4v) is 7.55. The van der Waals surface area contributed by atoms with E-state index in [0.717, 1.165) is 37.3 Å². The number of benzene rings is 3. The Labute approximate surface area is 309 Å². The molecule has 0 aliphatic carbocycles. The summed E-state index contributed by atoms with van der Waals surface area (Å²) in [5.74, 6) is 0.257. The molecule has 7 rings (SSSR count). The number of nitriles is 1. The molecule has 2 aliphatic rings. The molecular weight excluding hydrogens is 668 g/mol. The molecule has 53 heavy (non-hydrogen) atoms. The predicted octanol–water partition coefficient (Wildman–Crippen LogP) is 6.11. The average molecular weight is 713 g/mol. The van der Waals surface area contributed by atoms with Gasteiger partial charge in [-0.1, -0.05) is 24.3 Å². The van der Waals surface area contributed by atoms with Gasteiger partial charge < -0.3 is 28.6 Å². The lowest BCUT2D eigenvalue weighted by Crippen LogP contribution is -2.52. The van der Waals surface area contributed by atoms with Crippen LogP contribution in [0.15, 0.2) is 78.9 Å². The maximum atomic E-state index is 14.9. The summed E-state index contributed by atoms with van der Waals surface area (Å²) in [6.45, 7) is 8.00. The monoisotopic (exact) mass is 712 g/mol. The van der Waals surface area contributed by atoms with Crippen molar-refractivity contribution in [3.05, 3.63) is 118 Å². The molecule has 272 valence electrons. The van der Waals surface area contributed by atoms with Crippen LogP contribution < -0.4 is 9.64 Å². The van der Waals surface area contributed by atoms with Crippen molar-refractivity contribution in [2.45, 2.75) is 32.9 Å². The van der Waals surface area contributed by atoms with Gasteiger partial charge in [0.1, 0.15) is 23.3 Å². The zero-order chi connectivity index (χ0) is 37.4. The number of carbonyl (C=O) groups is 2. The Morgan fingerprint density at radius 2 is 1.64 bits per heavy atom. The second-order valence-corrected chi connectivity index (χ2v) is 13.8. The molecule has 1 fully saturated rings. The first-order valence-corrected chi connectivity index (χ1v) is 17.8. The first-order valence-electron chi connectivity index (χ1n) is 17.8. The lowest BCUT2D eigenvalue weighted by Gasteiger charge is -2.40. The number of anilines is 2. The van der Waals surface area contributed by atoms with Gasteiger partial charge in [-0.15, -0.1) is 0 Å². The highest BCUT2D eigenvalue weighted by Crippen LogP contribution is 2.38. The van der Waals surface area contributed by atoms with Crippen LogP contribution >= 0.6 is 0 Å². The lowest BCUT2D eigenvalue weighted by molar-refractivity contribution is 0.0193. The zero-order valence-electron chi connectivity index (χ0n) is 30.8. The maximum Gasteiger partial charge on any atom is 0.264 e. The molecule has 2 aliphatic heterocycles. The zero-order valence-corrected chi connectivity index (χ0v) is 30.8. The molecule has 11 nitrogen and oxygen atoms in total. The molecule has 1 N–H and O–H groups in total. The van der Waals surface area contributed by atoms with Crippen molar-refractivity contribution < 1.29 is 24.2 Å². The highest BCUT2D eigenvalue weighted by atomic mass is 16.5. The topological polar surface area (TPSA) is 116 Å². The minimum absolute atomic E-state index is 0.0379. The Morgan fingerprint density at radius 1 is 0.925 bits per heavy atom. The molecule has 3 aromatic carbocycles. The van der Waals surface area contributed by atoms with Gasteiger partial charge in [0.25, 0.3) is 11.8 Å². The molecule has 0 bridgehead atoms. The van der Waals surface area contributed by atoms with Crippen molar-refractivity contribution in [1.82, 2.24) is 18.9 Å². The number of aromatic hydroxyl groups is 1. The third-order valence-corrected chi connectivity index (χ3v) is 10.9. The number of rotatable bonds is 8. The average Bonchev–Trinajstić information content (AvgIpc) is 3.64. The molecule has 1 saturated heterocycles. The van der Waals surface area contributed by atoms with Gasteiger partial charge in [-0.25, -0.2) is 0 Å². The molecule has 2 amide bonds. The van der Waals surface area contributed by atoms with E-state index in [1.54, 1.807) is 41.8 Å². The van der Waals surface area contributed by atoms with E-state index in [0.29, 0.717) is 70.7 Å². The SMILES string of the molecule is COc1ccc(C(=O)N2Cc3ccccc3C[C@H]2CN2CCOCC2)c(-c2cc(C(=O)N(c3ccc(O)cc3)c3cc(C#N)n(C)c3C)c(C)n2C)c1. The molecule has 0 unspecified atom stereocenters. The van der Waals surface area contributed by atoms with Crippen LogP contribution in [-0.2, 0) is 31.8 Å². The van der Waals surface area contributed by atoms with Gasteiger partial charge >= 0.3 is 0 Å². The number of phenols is 1. The van der Waals surface area contributed by atoms with Gasteiger partial charge in [0.2, 0.25) is 0 Å².